The minimum Gasteiger partial charge on any atom is -0.382 e. The zero-order chi connectivity index (χ0) is 14.6. The molecule has 3 fully saturated rings. The highest BCUT2D eigenvalue weighted by molar-refractivity contribution is 6.13. The van der Waals surface area contributed by atoms with Crippen molar-refractivity contribution in [3.05, 3.63) is 35.9 Å². The van der Waals surface area contributed by atoms with Crippen molar-refractivity contribution in [2.24, 2.45) is 0 Å². The number of Topliss-reactive ketones (excluding diaryl/α,β-unsaturated/α-hetero) is 1. The molecule has 3 aliphatic rings. The van der Waals surface area contributed by atoms with Gasteiger partial charge in [-0.3, -0.25) is 9.63 Å². The molecule has 110 valence electrons. The average Bonchev–Trinajstić information content (AvgIpc) is 2.90. The van der Waals surface area contributed by atoms with E-state index in [1.165, 1.54) is 9.96 Å². The van der Waals surface area contributed by atoms with E-state index in [1.54, 1.807) is 0 Å². The largest absolute Gasteiger partial charge is 0.382 e. The monoisotopic (exact) mass is 288 g/mol. The van der Waals surface area contributed by atoms with Gasteiger partial charge >= 0.3 is 6.03 Å². The Bertz CT molecular complexity index is 605. The first kappa shape index (κ1) is 12.8. The van der Waals surface area contributed by atoms with E-state index >= 15 is 0 Å². The van der Waals surface area contributed by atoms with E-state index in [2.05, 4.69) is 0 Å². The predicted molar refractivity (Wildman–Crippen MR) is 71.9 cm³/mol. The second-order valence-corrected chi connectivity index (χ2v) is 5.86. The lowest BCUT2D eigenvalue weighted by Gasteiger charge is -2.28. The van der Waals surface area contributed by atoms with E-state index in [1.807, 2.05) is 30.3 Å². The summed E-state index contributed by atoms with van der Waals surface area (Å²) in [5, 5.41) is 11.1. The number of aliphatic hydroxyl groups is 1. The number of carbonyl (C=O) groups is 2. The Hall–Kier alpha value is -1.92. The van der Waals surface area contributed by atoms with Crippen molar-refractivity contribution in [2.45, 2.75) is 37.1 Å². The minimum atomic E-state index is -1.02. The molecule has 1 saturated carbocycles. The van der Waals surface area contributed by atoms with Crippen molar-refractivity contribution in [1.29, 1.82) is 0 Å². The van der Waals surface area contributed by atoms with E-state index in [0.717, 1.165) is 5.56 Å². The smallest absolute Gasteiger partial charge is 0.345 e. The number of hydroxylamine groups is 2. The predicted octanol–water partition coefficient (Wildman–Crippen LogP) is 0.701. The van der Waals surface area contributed by atoms with Gasteiger partial charge in [0.2, 0.25) is 0 Å². The summed E-state index contributed by atoms with van der Waals surface area (Å²) >= 11 is 0. The Balaban J connectivity index is 1.49. The van der Waals surface area contributed by atoms with Gasteiger partial charge < -0.3 is 10.0 Å². The van der Waals surface area contributed by atoms with Gasteiger partial charge in [-0.2, -0.15) is 5.06 Å². The molecule has 1 aliphatic carbocycles. The van der Waals surface area contributed by atoms with Crippen LogP contribution in [0.5, 0.6) is 0 Å². The third-order valence-corrected chi connectivity index (χ3v) is 4.74. The van der Waals surface area contributed by atoms with Crippen LogP contribution in [0.4, 0.5) is 4.79 Å². The van der Waals surface area contributed by atoms with Crippen LogP contribution >= 0.6 is 0 Å². The van der Waals surface area contributed by atoms with Crippen molar-refractivity contribution in [1.82, 2.24) is 9.96 Å². The van der Waals surface area contributed by atoms with Crippen LogP contribution in [-0.4, -0.2) is 51.1 Å². The van der Waals surface area contributed by atoms with Gasteiger partial charge in [-0.25, -0.2) is 4.79 Å². The summed E-state index contributed by atoms with van der Waals surface area (Å²) in [5.41, 5.74) is 0.0253. The Morgan fingerprint density at radius 1 is 1.29 bits per heavy atom. The molecule has 1 N–H and O–H groups in total. The third kappa shape index (κ3) is 1.66. The molecular weight excluding hydrogens is 272 g/mol. The number of ketones is 1. The molecule has 0 aromatic heterocycles. The summed E-state index contributed by atoms with van der Waals surface area (Å²) in [4.78, 5) is 31.3. The van der Waals surface area contributed by atoms with E-state index in [-0.39, 0.29) is 17.9 Å². The molecule has 21 heavy (non-hydrogen) atoms. The molecule has 2 amide bonds. The molecular formula is C15H16N2O4. The molecule has 4 rings (SSSR count). The van der Waals surface area contributed by atoms with Crippen LogP contribution in [0.3, 0.4) is 0 Å². The number of hydrogen-bond acceptors (Lipinski definition) is 4. The summed E-state index contributed by atoms with van der Waals surface area (Å²) < 4.78 is 0. The van der Waals surface area contributed by atoms with Crippen LogP contribution in [0, 0.1) is 0 Å². The van der Waals surface area contributed by atoms with Crippen LogP contribution in [0.25, 0.3) is 0 Å². The molecule has 2 bridgehead atoms. The quantitative estimate of drug-likeness (QED) is 0.889. The minimum absolute atomic E-state index is 0.0348. The molecule has 1 aromatic rings. The number of benzene rings is 1. The first-order valence-corrected chi connectivity index (χ1v) is 7.14. The molecule has 2 saturated heterocycles. The highest BCUT2D eigenvalue weighted by atomic mass is 16.7. The molecule has 1 spiro atoms. The van der Waals surface area contributed by atoms with Crippen LogP contribution in [0.1, 0.15) is 18.4 Å². The van der Waals surface area contributed by atoms with Crippen molar-refractivity contribution >= 4 is 11.8 Å². The van der Waals surface area contributed by atoms with Gasteiger partial charge in [0.05, 0.1) is 6.04 Å². The zero-order valence-electron chi connectivity index (χ0n) is 11.4. The van der Waals surface area contributed by atoms with Gasteiger partial charge in [-0.15, -0.1) is 0 Å². The number of piperidine rings is 1. The van der Waals surface area contributed by atoms with E-state index in [9.17, 15) is 14.7 Å². The maximum Gasteiger partial charge on any atom is 0.345 e. The summed E-state index contributed by atoms with van der Waals surface area (Å²) in [6.45, 7) is 0.775. The lowest BCUT2D eigenvalue weighted by molar-refractivity contribution is -0.140. The van der Waals surface area contributed by atoms with Crippen LogP contribution in [-0.2, 0) is 16.2 Å². The standard InChI is InChI=1S/C15H16N2O4/c18-12-13(19)15(12)7-6-11-8-16(15)14(20)17(11)21-9-10-4-2-1-3-5-10/h1-5,11-12,18H,6-9H2/t11-,12+,15-/m1/s1. The maximum atomic E-state index is 12.4. The molecule has 6 nitrogen and oxygen atoms in total. The highest BCUT2D eigenvalue weighted by Gasteiger charge is 2.73. The molecule has 2 heterocycles. The molecule has 3 atom stereocenters. The van der Waals surface area contributed by atoms with E-state index in [0.29, 0.717) is 26.0 Å². The van der Waals surface area contributed by atoms with Crippen molar-refractivity contribution < 1.29 is 19.5 Å². The number of aliphatic hydroxyl groups excluding tert-OH is 1. The van der Waals surface area contributed by atoms with Crippen LogP contribution in [0.2, 0.25) is 0 Å². The lowest BCUT2D eigenvalue weighted by atomic mass is 9.98. The summed E-state index contributed by atoms with van der Waals surface area (Å²) in [7, 11) is 0. The number of nitrogens with zero attached hydrogens (tertiary/aromatic N) is 2. The second-order valence-electron chi connectivity index (χ2n) is 5.86. The number of urea groups is 1. The van der Waals surface area contributed by atoms with Gasteiger partial charge in [-0.05, 0) is 18.4 Å². The van der Waals surface area contributed by atoms with Gasteiger partial charge in [-0.1, -0.05) is 30.3 Å². The maximum absolute atomic E-state index is 12.4. The number of hydrogen-bond donors (Lipinski definition) is 1. The summed E-state index contributed by atoms with van der Waals surface area (Å²) in [6, 6.07) is 9.28. The molecule has 1 aromatic carbocycles. The summed E-state index contributed by atoms with van der Waals surface area (Å²) in [6.07, 6.45) is 0.186. The number of rotatable bonds is 3. The van der Waals surface area contributed by atoms with E-state index < -0.39 is 11.6 Å². The fraction of sp³-hybridized carbons (Fsp3) is 0.467. The molecule has 2 aliphatic heterocycles. The van der Waals surface area contributed by atoms with Gasteiger partial charge in [0.25, 0.3) is 0 Å². The fourth-order valence-corrected chi connectivity index (χ4v) is 3.44. The highest BCUT2D eigenvalue weighted by Crippen LogP contribution is 2.49. The Labute approximate surface area is 121 Å². The van der Waals surface area contributed by atoms with Crippen LogP contribution in [0.15, 0.2) is 30.3 Å². The molecule has 6 heteroatoms. The Morgan fingerprint density at radius 2 is 2.00 bits per heavy atom. The molecule has 0 unspecified atom stereocenters. The first-order chi connectivity index (χ1) is 10.1. The SMILES string of the molecule is O=C1N(OCc2ccccc2)[C@@H]2CC[C@@]3(C(=O)[C@@H]3O)N1C2. The number of fused-ring (bicyclic) bond motifs is 3. The lowest BCUT2D eigenvalue weighted by Crippen LogP contribution is -2.45. The fourth-order valence-electron chi connectivity index (χ4n) is 3.44. The summed E-state index contributed by atoms with van der Waals surface area (Å²) in [5.74, 6) is -0.237. The van der Waals surface area contributed by atoms with Gasteiger partial charge in [0, 0.05) is 6.54 Å². The zero-order valence-corrected chi connectivity index (χ0v) is 11.4. The normalized spacial score (nSPS) is 34.0. The van der Waals surface area contributed by atoms with Crippen molar-refractivity contribution in [2.75, 3.05) is 6.54 Å². The van der Waals surface area contributed by atoms with Crippen molar-refractivity contribution in [3.8, 4) is 0 Å². The number of carbonyl (C=O) groups excluding carboxylic acids is 2. The molecule has 0 radical (unpaired) electrons. The third-order valence-electron chi connectivity index (χ3n) is 4.74. The average molecular weight is 288 g/mol. The first-order valence-electron chi connectivity index (χ1n) is 7.14. The number of amides is 2. The van der Waals surface area contributed by atoms with Crippen LogP contribution < -0.4 is 0 Å². The van der Waals surface area contributed by atoms with Gasteiger partial charge in [0.15, 0.2) is 5.78 Å². The van der Waals surface area contributed by atoms with E-state index in [4.69, 9.17) is 4.84 Å². The Morgan fingerprint density at radius 3 is 2.67 bits per heavy atom. The van der Waals surface area contributed by atoms with Gasteiger partial charge in [0.1, 0.15) is 18.2 Å². The second kappa shape index (κ2) is 4.29. The van der Waals surface area contributed by atoms with Crippen molar-refractivity contribution in [3.63, 3.8) is 0 Å². The Kier molecular flexibility index (Phi) is 2.61. The topological polar surface area (TPSA) is 70.1 Å².